The Morgan fingerprint density at radius 1 is 1.13 bits per heavy atom. The highest BCUT2D eigenvalue weighted by atomic mass is 35.5. The smallest absolute Gasteiger partial charge is 0.257 e. The van der Waals surface area contributed by atoms with Crippen molar-refractivity contribution in [3.8, 4) is 5.75 Å². The number of hydrogen-bond acceptors (Lipinski definition) is 4. The first-order valence-electron chi connectivity index (χ1n) is 7.60. The number of piperazine rings is 1. The zero-order chi connectivity index (χ0) is 15.9. The van der Waals surface area contributed by atoms with Gasteiger partial charge >= 0.3 is 0 Å². The van der Waals surface area contributed by atoms with Crippen molar-refractivity contribution in [1.29, 1.82) is 0 Å². The lowest BCUT2D eigenvalue weighted by atomic mass is 10.1. The first-order chi connectivity index (χ1) is 10.7. The molecule has 6 nitrogen and oxygen atoms in total. The van der Waals surface area contributed by atoms with Gasteiger partial charge in [0, 0.05) is 26.2 Å². The number of amides is 2. The highest BCUT2D eigenvalue weighted by Crippen LogP contribution is 2.20. The lowest BCUT2D eigenvalue weighted by molar-refractivity contribution is -0.131. The Morgan fingerprint density at radius 3 is 2.35 bits per heavy atom. The molecule has 0 spiro atoms. The van der Waals surface area contributed by atoms with Crippen LogP contribution in [0.4, 0.5) is 0 Å². The standard InChI is InChI=1S/C16H23N3O3.ClH/c1-3-22-14-7-5-4-6-13(14)16(21)19-10-8-18(9-11-19)15(20)12-17-2;/h4-7,17H,3,8-12H2,1-2H3;1H. The molecule has 1 fully saturated rings. The third kappa shape index (κ3) is 4.84. The molecule has 0 saturated carbocycles. The summed E-state index contributed by atoms with van der Waals surface area (Å²) in [5, 5.41) is 2.86. The SMILES string of the molecule is CCOc1ccccc1C(=O)N1CCN(C(=O)CNC)CC1.Cl. The van der Waals surface area contributed by atoms with Crippen LogP contribution in [0, 0.1) is 0 Å². The summed E-state index contributed by atoms with van der Waals surface area (Å²) in [4.78, 5) is 28.0. The van der Waals surface area contributed by atoms with Crippen LogP contribution in [0.25, 0.3) is 0 Å². The van der Waals surface area contributed by atoms with E-state index >= 15 is 0 Å². The van der Waals surface area contributed by atoms with E-state index in [1.807, 2.05) is 25.1 Å². The molecule has 0 bridgehead atoms. The third-order valence-corrected chi connectivity index (χ3v) is 3.66. The molecule has 1 saturated heterocycles. The van der Waals surface area contributed by atoms with Gasteiger partial charge in [0.1, 0.15) is 5.75 Å². The molecule has 1 aliphatic rings. The normalized spacial score (nSPS) is 14.2. The summed E-state index contributed by atoms with van der Waals surface area (Å²) in [5.41, 5.74) is 0.583. The van der Waals surface area contributed by atoms with Crippen molar-refractivity contribution >= 4 is 24.2 Å². The maximum Gasteiger partial charge on any atom is 0.257 e. The molecular formula is C16H24ClN3O3. The van der Waals surface area contributed by atoms with Gasteiger partial charge in [0.15, 0.2) is 0 Å². The molecule has 128 valence electrons. The van der Waals surface area contributed by atoms with Crippen LogP contribution >= 0.6 is 12.4 Å². The van der Waals surface area contributed by atoms with E-state index in [4.69, 9.17) is 4.74 Å². The second kappa shape index (κ2) is 9.37. The molecule has 0 radical (unpaired) electrons. The van der Waals surface area contributed by atoms with Gasteiger partial charge in [0.05, 0.1) is 18.7 Å². The largest absolute Gasteiger partial charge is 0.493 e. The number of carbonyl (C=O) groups is 2. The van der Waals surface area contributed by atoms with Crippen molar-refractivity contribution < 1.29 is 14.3 Å². The summed E-state index contributed by atoms with van der Waals surface area (Å²) in [7, 11) is 1.75. The first-order valence-corrected chi connectivity index (χ1v) is 7.60. The fraction of sp³-hybridized carbons (Fsp3) is 0.500. The number of nitrogens with one attached hydrogen (secondary N) is 1. The zero-order valence-corrected chi connectivity index (χ0v) is 14.4. The summed E-state index contributed by atoms with van der Waals surface area (Å²) >= 11 is 0. The first kappa shape index (κ1) is 19.3. The molecule has 1 heterocycles. The molecule has 1 aromatic carbocycles. The summed E-state index contributed by atoms with van der Waals surface area (Å²) in [6.45, 7) is 5.00. The number of nitrogens with zero attached hydrogens (tertiary/aromatic N) is 2. The van der Waals surface area contributed by atoms with Crippen molar-refractivity contribution in [3.05, 3.63) is 29.8 Å². The number of rotatable bonds is 5. The molecule has 0 aliphatic carbocycles. The van der Waals surface area contributed by atoms with Crippen LogP contribution in [0.5, 0.6) is 5.75 Å². The van der Waals surface area contributed by atoms with Gasteiger partial charge in [0.2, 0.25) is 5.91 Å². The fourth-order valence-corrected chi connectivity index (χ4v) is 2.52. The number of carbonyl (C=O) groups excluding carboxylic acids is 2. The maximum atomic E-state index is 12.6. The summed E-state index contributed by atoms with van der Waals surface area (Å²) in [6, 6.07) is 7.29. The van der Waals surface area contributed by atoms with E-state index in [0.717, 1.165) is 0 Å². The van der Waals surface area contributed by atoms with E-state index in [0.29, 0.717) is 50.6 Å². The van der Waals surface area contributed by atoms with Gasteiger partial charge in [-0.2, -0.15) is 0 Å². The minimum absolute atomic E-state index is 0. The predicted octanol–water partition coefficient (Wildman–Crippen LogP) is 1.01. The second-order valence-electron chi connectivity index (χ2n) is 5.13. The lowest BCUT2D eigenvalue weighted by Crippen LogP contribution is -2.52. The Morgan fingerprint density at radius 2 is 1.74 bits per heavy atom. The van der Waals surface area contributed by atoms with Gasteiger partial charge in [0.25, 0.3) is 5.91 Å². The average molecular weight is 342 g/mol. The summed E-state index contributed by atoms with van der Waals surface area (Å²) in [5.74, 6) is 0.651. The van der Waals surface area contributed by atoms with Crippen molar-refractivity contribution in [3.63, 3.8) is 0 Å². The molecule has 2 rings (SSSR count). The van der Waals surface area contributed by atoms with Gasteiger partial charge in [-0.1, -0.05) is 12.1 Å². The monoisotopic (exact) mass is 341 g/mol. The quantitative estimate of drug-likeness (QED) is 0.868. The molecular weight excluding hydrogens is 318 g/mol. The summed E-state index contributed by atoms with van der Waals surface area (Å²) < 4.78 is 5.52. The highest BCUT2D eigenvalue weighted by Gasteiger charge is 2.25. The predicted molar refractivity (Wildman–Crippen MR) is 91.3 cm³/mol. The van der Waals surface area contributed by atoms with Gasteiger partial charge in [-0.3, -0.25) is 9.59 Å². The van der Waals surface area contributed by atoms with Crippen molar-refractivity contribution in [2.45, 2.75) is 6.92 Å². The number of benzene rings is 1. The number of likely N-dealkylation sites (N-methyl/N-ethyl adjacent to an activating group) is 1. The Hall–Kier alpha value is -1.79. The maximum absolute atomic E-state index is 12.6. The number of halogens is 1. The van der Waals surface area contributed by atoms with E-state index < -0.39 is 0 Å². The van der Waals surface area contributed by atoms with Crippen molar-refractivity contribution in [1.82, 2.24) is 15.1 Å². The molecule has 0 atom stereocenters. The Labute approximate surface area is 143 Å². The van der Waals surface area contributed by atoms with E-state index in [1.54, 1.807) is 22.9 Å². The van der Waals surface area contributed by atoms with Crippen molar-refractivity contribution in [2.24, 2.45) is 0 Å². The Balaban J connectivity index is 0.00000264. The van der Waals surface area contributed by atoms with Crippen LogP contribution in [-0.4, -0.2) is 68.0 Å². The van der Waals surface area contributed by atoms with Crippen LogP contribution in [-0.2, 0) is 4.79 Å². The molecule has 23 heavy (non-hydrogen) atoms. The van der Waals surface area contributed by atoms with Crippen LogP contribution in [0.1, 0.15) is 17.3 Å². The molecule has 2 amide bonds. The highest BCUT2D eigenvalue weighted by molar-refractivity contribution is 5.97. The van der Waals surface area contributed by atoms with Crippen LogP contribution in [0.3, 0.4) is 0 Å². The van der Waals surface area contributed by atoms with Gasteiger partial charge in [-0.15, -0.1) is 12.4 Å². The molecule has 0 aromatic heterocycles. The minimum Gasteiger partial charge on any atom is -0.493 e. The minimum atomic E-state index is -0.0373. The second-order valence-corrected chi connectivity index (χ2v) is 5.13. The number of para-hydroxylation sites is 1. The Kier molecular flexibility index (Phi) is 7.85. The topological polar surface area (TPSA) is 61.9 Å². The van der Waals surface area contributed by atoms with E-state index in [-0.39, 0.29) is 24.2 Å². The molecule has 1 N–H and O–H groups in total. The molecule has 7 heteroatoms. The van der Waals surface area contributed by atoms with Crippen LogP contribution < -0.4 is 10.1 Å². The van der Waals surface area contributed by atoms with Gasteiger partial charge < -0.3 is 19.9 Å². The van der Waals surface area contributed by atoms with Gasteiger partial charge in [-0.25, -0.2) is 0 Å². The van der Waals surface area contributed by atoms with Crippen LogP contribution in [0.2, 0.25) is 0 Å². The van der Waals surface area contributed by atoms with Gasteiger partial charge in [-0.05, 0) is 26.1 Å². The zero-order valence-electron chi connectivity index (χ0n) is 13.6. The average Bonchev–Trinajstić information content (AvgIpc) is 2.55. The number of hydrogen-bond donors (Lipinski definition) is 1. The van der Waals surface area contributed by atoms with E-state index in [2.05, 4.69) is 5.32 Å². The Bertz CT molecular complexity index is 531. The van der Waals surface area contributed by atoms with E-state index in [1.165, 1.54) is 0 Å². The van der Waals surface area contributed by atoms with E-state index in [9.17, 15) is 9.59 Å². The number of ether oxygens (including phenoxy) is 1. The third-order valence-electron chi connectivity index (χ3n) is 3.66. The molecule has 0 unspecified atom stereocenters. The fourth-order valence-electron chi connectivity index (χ4n) is 2.52. The van der Waals surface area contributed by atoms with Crippen molar-refractivity contribution in [2.75, 3.05) is 46.4 Å². The lowest BCUT2D eigenvalue weighted by Gasteiger charge is -2.35. The molecule has 1 aromatic rings. The van der Waals surface area contributed by atoms with Crippen LogP contribution in [0.15, 0.2) is 24.3 Å². The molecule has 1 aliphatic heterocycles. The summed E-state index contributed by atoms with van der Waals surface area (Å²) in [6.07, 6.45) is 0.